The minimum Gasteiger partial charge on any atom is -0.462 e. The van der Waals surface area contributed by atoms with Gasteiger partial charge in [0, 0.05) is 17.0 Å². The second-order valence-electron chi connectivity index (χ2n) is 5.55. The van der Waals surface area contributed by atoms with Crippen LogP contribution in [0, 0.1) is 0 Å². The van der Waals surface area contributed by atoms with Crippen LogP contribution in [0.4, 0.5) is 11.6 Å². The number of hydrogen-bond donors (Lipinski definition) is 2. The third-order valence-corrected chi connectivity index (χ3v) is 4.36. The van der Waals surface area contributed by atoms with Gasteiger partial charge >= 0.3 is 5.97 Å². The summed E-state index contributed by atoms with van der Waals surface area (Å²) in [4.78, 5) is 27.8. The molecule has 0 aliphatic carbocycles. The van der Waals surface area contributed by atoms with Crippen LogP contribution in [0.15, 0.2) is 46.6 Å². The Kier molecular flexibility index (Phi) is 5.75. The third-order valence-electron chi connectivity index (χ3n) is 3.48. The highest BCUT2D eigenvalue weighted by Gasteiger charge is 2.10. The van der Waals surface area contributed by atoms with Crippen LogP contribution >= 0.6 is 11.3 Å². The summed E-state index contributed by atoms with van der Waals surface area (Å²) in [5, 5.41) is 12.9. The van der Waals surface area contributed by atoms with Crippen molar-refractivity contribution in [1.29, 1.82) is 0 Å². The van der Waals surface area contributed by atoms with E-state index in [-0.39, 0.29) is 17.5 Å². The number of rotatable bonds is 7. The van der Waals surface area contributed by atoms with Crippen LogP contribution in [0.5, 0.6) is 0 Å². The summed E-state index contributed by atoms with van der Waals surface area (Å²) in [6.45, 7) is 2.31. The summed E-state index contributed by atoms with van der Waals surface area (Å²) < 4.78 is 5.12. The number of aromatic amines is 1. The molecule has 0 saturated carbocycles. The van der Waals surface area contributed by atoms with Crippen LogP contribution in [0.25, 0.3) is 0 Å². The van der Waals surface area contributed by atoms with E-state index in [9.17, 15) is 9.59 Å². The average molecular weight is 370 g/mol. The summed E-state index contributed by atoms with van der Waals surface area (Å²) in [6, 6.07) is 10.7. The number of nitrogens with zero attached hydrogens (tertiary/aromatic N) is 2. The predicted octanol–water partition coefficient (Wildman–Crippen LogP) is 3.13. The van der Waals surface area contributed by atoms with Crippen molar-refractivity contribution in [3.63, 3.8) is 0 Å². The Morgan fingerprint density at radius 2 is 2.15 bits per heavy atom. The number of carbonyl (C=O) groups excluding carboxylic acids is 1. The highest BCUT2D eigenvalue weighted by Crippen LogP contribution is 2.15. The maximum atomic E-state index is 12.2. The van der Waals surface area contributed by atoms with Gasteiger partial charge < -0.3 is 10.1 Å². The summed E-state index contributed by atoms with van der Waals surface area (Å²) in [5.41, 5.74) is 1.09. The van der Waals surface area contributed by atoms with E-state index >= 15 is 0 Å². The molecule has 0 spiro atoms. The van der Waals surface area contributed by atoms with Gasteiger partial charge in [-0.3, -0.25) is 9.78 Å². The Morgan fingerprint density at radius 1 is 1.27 bits per heavy atom. The zero-order chi connectivity index (χ0) is 18.4. The topological polar surface area (TPSA) is 97.0 Å². The molecule has 0 aliphatic rings. The highest BCUT2D eigenvalue weighted by atomic mass is 32.1. The number of benzene rings is 1. The number of esters is 1. The van der Waals surface area contributed by atoms with Gasteiger partial charge in [0.25, 0.3) is 5.56 Å². The lowest BCUT2D eigenvalue weighted by Crippen LogP contribution is -2.18. The SMILES string of the molecule is CCCOC(=O)c1cccc(Nc2nnc(Cc3cccs3)c(=O)[nH]2)c1. The van der Waals surface area contributed by atoms with Crippen LogP contribution in [-0.2, 0) is 11.2 Å². The highest BCUT2D eigenvalue weighted by molar-refractivity contribution is 7.09. The fourth-order valence-corrected chi connectivity index (χ4v) is 2.96. The van der Waals surface area contributed by atoms with Gasteiger partial charge in [-0.1, -0.05) is 19.1 Å². The fraction of sp³-hybridized carbons (Fsp3) is 0.222. The van der Waals surface area contributed by atoms with Crippen LogP contribution in [0.1, 0.15) is 34.3 Å². The van der Waals surface area contributed by atoms with Crippen LogP contribution in [-0.4, -0.2) is 27.8 Å². The summed E-state index contributed by atoms with van der Waals surface area (Å²) >= 11 is 1.56. The van der Waals surface area contributed by atoms with Gasteiger partial charge in [0.05, 0.1) is 12.2 Å². The number of ether oxygens (including phenoxy) is 1. The van der Waals surface area contributed by atoms with Crippen molar-refractivity contribution in [3.05, 3.63) is 68.3 Å². The molecule has 2 aromatic heterocycles. The van der Waals surface area contributed by atoms with E-state index in [0.717, 1.165) is 11.3 Å². The average Bonchev–Trinajstić information content (AvgIpc) is 3.15. The summed E-state index contributed by atoms with van der Waals surface area (Å²) in [5.74, 6) is -0.176. The van der Waals surface area contributed by atoms with E-state index in [1.54, 1.807) is 35.6 Å². The van der Waals surface area contributed by atoms with E-state index in [2.05, 4.69) is 20.5 Å². The standard InChI is InChI=1S/C18H18N4O3S/c1-2-8-25-17(24)12-5-3-6-13(10-12)19-18-20-16(23)15(21-22-18)11-14-7-4-9-26-14/h3-7,9-10H,2,8,11H2,1H3,(H2,19,20,22,23). The molecule has 0 bridgehead atoms. The third kappa shape index (κ3) is 4.54. The molecule has 2 N–H and O–H groups in total. The van der Waals surface area contributed by atoms with Crippen molar-refractivity contribution in [3.8, 4) is 0 Å². The fourth-order valence-electron chi connectivity index (χ4n) is 2.25. The molecule has 0 atom stereocenters. The zero-order valence-electron chi connectivity index (χ0n) is 14.2. The van der Waals surface area contributed by atoms with Crippen molar-refractivity contribution in [2.45, 2.75) is 19.8 Å². The molecule has 0 amide bonds. The van der Waals surface area contributed by atoms with Gasteiger partial charge in [0.15, 0.2) is 0 Å². The summed E-state index contributed by atoms with van der Waals surface area (Å²) in [6.07, 6.45) is 1.21. The van der Waals surface area contributed by atoms with Gasteiger partial charge in [0.2, 0.25) is 5.95 Å². The molecule has 8 heteroatoms. The molecule has 0 aliphatic heterocycles. The van der Waals surface area contributed by atoms with Gasteiger partial charge in [-0.2, -0.15) is 0 Å². The van der Waals surface area contributed by atoms with Gasteiger partial charge in [-0.25, -0.2) is 4.79 Å². The Bertz CT molecular complexity index is 938. The van der Waals surface area contributed by atoms with Gasteiger partial charge in [-0.05, 0) is 36.1 Å². The van der Waals surface area contributed by atoms with Crippen molar-refractivity contribution in [2.24, 2.45) is 0 Å². The lowest BCUT2D eigenvalue weighted by molar-refractivity contribution is 0.0505. The quantitative estimate of drug-likeness (QED) is 0.620. The molecule has 3 aromatic rings. The van der Waals surface area contributed by atoms with E-state index in [1.165, 1.54) is 0 Å². The molecule has 0 unspecified atom stereocenters. The van der Waals surface area contributed by atoms with Crippen molar-refractivity contribution in [1.82, 2.24) is 15.2 Å². The predicted molar refractivity (Wildman–Crippen MR) is 100 cm³/mol. The molecule has 2 heterocycles. The number of hydrogen-bond acceptors (Lipinski definition) is 7. The van der Waals surface area contributed by atoms with Crippen molar-refractivity contribution < 1.29 is 9.53 Å². The Labute approximate surface area is 154 Å². The Balaban J connectivity index is 1.72. The van der Waals surface area contributed by atoms with E-state index in [1.807, 2.05) is 24.4 Å². The molecule has 1 aromatic carbocycles. The molecular weight excluding hydrogens is 352 g/mol. The first-order chi connectivity index (χ1) is 12.7. The Hall–Kier alpha value is -3.00. The second kappa shape index (κ2) is 8.39. The van der Waals surface area contributed by atoms with Gasteiger partial charge in [-0.15, -0.1) is 21.5 Å². The van der Waals surface area contributed by atoms with Crippen LogP contribution < -0.4 is 10.9 Å². The van der Waals surface area contributed by atoms with E-state index < -0.39 is 0 Å². The van der Waals surface area contributed by atoms with Crippen LogP contribution in [0.2, 0.25) is 0 Å². The van der Waals surface area contributed by atoms with E-state index in [4.69, 9.17) is 4.74 Å². The number of thiophene rings is 1. The van der Waals surface area contributed by atoms with E-state index in [0.29, 0.717) is 30.0 Å². The first kappa shape index (κ1) is 17.8. The van der Waals surface area contributed by atoms with Crippen molar-refractivity contribution >= 4 is 28.9 Å². The molecule has 0 radical (unpaired) electrons. The number of nitrogens with one attached hydrogen (secondary N) is 2. The maximum Gasteiger partial charge on any atom is 0.338 e. The number of carbonyl (C=O) groups is 1. The maximum absolute atomic E-state index is 12.2. The molecule has 26 heavy (non-hydrogen) atoms. The molecule has 0 fully saturated rings. The first-order valence-corrected chi connectivity index (χ1v) is 9.06. The molecule has 134 valence electrons. The molecule has 0 saturated heterocycles. The lowest BCUT2D eigenvalue weighted by atomic mass is 10.2. The first-order valence-electron chi connectivity index (χ1n) is 8.18. The van der Waals surface area contributed by atoms with Crippen LogP contribution in [0.3, 0.4) is 0 Å². The smallest absolute Gasteiger partial charge is 0.338 e. The van der Waals surface area contributed by atoms with Gasteiger partial charge in [0.1, 0.15) is 5.69 Å². The normalized spacial score (nSPS) is 10.5. The second-order valence-corrected chi connectivity index (χ2v) is 6.58. The minimum atomic E-state index is -0.388. The minimum absolute atomic E-state index is 0.212. The monoisotopic (exact) mass is 370 g/mol. The molecular formula is C18H18N4O3S. The lowest BCUT2D eigenvalue weighted by Gasteiger charge is -2.07. The largest absolute Gasteiger partial charge is 0.462 e. The summed E-state index contributed by atoms with van der Waals surface area (Å²) in [7, 11) is 0. The molecule has 3 rings (SSSR count). The number of H-pyrrole nitrogens is 1. The number of anilines is 2. The zero-order valence-corrected chi connectivity index (χ0v) is 15.0. The molecule has 7 nitrogen and oxygen atoms in total. The van der Waals surface area contributed by atoms with Crippen molar-refractivity contribution in [2.75, 3.05) is 11.9 Å². The number of aromatic nitrogens is 3. The Morgan fingerprint density at radius 3 is 2.88 bits per heavy atom.